The van der Waals surface area contributed by atoms with E-state index >= 15 is 0 Å². The Balaban J connectivity index is 2.37. The molecule has 5 nitrogen and oxygen atoms in total. The van der Waals surface area contributed by atoms with Crippen molar-refractivity contribution in [2.45, 2.75) is 31.2 Å². The highest BCUT2D eigenvalue weighted by molar-refractivity contribution is 5.98. The van der Waals surface area contributed by atoms with E-state index in [0.29, 0.717) is 0 Å². The Labute approximate surface area is 124 Å². The second-order valence-electron chi connectivity index (χ2n) is 5.07. The molecule has 8 heteroatoms. The fraction of sp³-hybridized carbons (Fsp3) is 0.429. The molecule has 2 rings (SSSR count). The largest absolute Gasteiger partial charge is 0.480 e. The average Bonchev–Trinajstić information content (AvgIpc) is 2.45. The molecule has 1 aromatic rings. The molecule has 22 heavy (non-hydrogen) atoms. The Kier molecular flexibility index (Phi) is 4.41. The van der Waals surface area contributed by atoms with Crippen molar-refractivity contribution in [3.05, 3.63) is 35.4 Å². The van der Waals surface area contributed by atoms with Crippen molar-refractivity contribution in [1.29, 1.82) is 0 Å². The molecule has 0 aromatic heterocycles. The number of aliphatic hydroxyl groups excluding tert-OH is 1. The van der Waals surface area contributed by atoms with Crippen LogP contribution in [0.25, 0.3) is 0 Å². The van der Waals surface area contributed by atoms with E-state index in [1.807, 2.05) is 0 Å². The summed E-state index contributed by atoms with van der Waals surface area (Å²) in [5.41, 5.74) is -1.69. The van der Waals surface area contributed by atoms with E-state index in [-0.39, 0.29) is 19.4 Å². The number of carbonyl (C=O) groups excluding carboxylic acids is 1. The normalized spacial score (nSPS) is 22.5. The summed E-state index contributed by atoms with van der Waals surface area (Å²) in [5.74, 6) is -2.34. The molecule has 0 saturated carbocycles. The summed E-state index contributed by atoms with van der Waals surface area (Å²) in [4.78, 5) is 24.4. The van der Waals surface area contributed by atoms with Gasteiger partial charge in [0.05, 0.1) is 17.2 Å². The number of carbonyl (C=O) groups is 2. The van der Waals surface area contributed by atoms with E-state index in [9.17, 15) is 27.9 Å². The number of hydrogen-bond acceptors (Lipinski definition) is 3. The molecule has 1 saturated heterocycles. The molecule has 0 aliphatic carbocycles. The van der Waals surface area contributed by atoms with Crippen LogP contribution in [0.1, 0.15) is 28.8 Å². The van der Waals surface area contributed by atoms with Crippen LogP contribution in [0.4, 0.5) is 13.2 Å². The van der Waals surface area contributed by atoms with E-state index in [4.69, 9.17) is 5.11 Å². The third-order valence-electron chi connectivity index (χ3n) is 3.58. The molecule has 0 bridgehead atoms. The van der Waals surface area contributed by atoms with E-state index in [1.165, 1.54) is 6.07 Å². The van der Waals surface area contributed by atoms with Gasteiger partial charge in [-0.15, -0.1) is 0 Å². The van der Waals surface area contributed by atoms with Gasteiger partial charge in [0, 0.05) is 13.0 Å². The van der Waals surface area contributed by atoms with Crippen molar-refractivity contribution in [2.24, 2.45) is 0 Å². The van der Waals surface area contributed by atoms with Crippen molar-refractivity contribution in [1.82, 2.24) is 4.90 Å². The van der Waals surface area contributed by atoms with E-state index in [0.717, 1.165) is 23.1 Å². The third-order valence-corrected chi connectivity index (χ3v) is 3.58. The van der Waals surface area contributed by atoms with E-state index < -0.39 is 41.3 Å². The average molecular weight is 317 g/mol. The predicted molar refractivity (Wildman–Crippen MR) is 69.1 cm³/mol. The third kappa shape index (κ3) is 3.22. The smallest absolute Gasteiger partial charge is 0.417 e. The van der Waals surface area contributed by atoms with Gasteiger partial charge in [-0.1, -0.05) is 12.1 Å². The number of benzene rings is 1. The molecule has 1 aliphatic rings. The number of halogens is 3. The summed E-state index contributed by atoms with van der Waals surface area (Å²) in [7, 11) is 0. The minimum Gasteiger partial charge on any atom is -0.480 e. The first-order valence-corrected chi connectivity index (χ1v) is 6.60. The van der Waals surface area contributed by atoms with Crippen LogP contribution < -0.4 is 0 Å². The number of likely N-dealkylation sites (tertiary alicyclic amines) is 1. The number of piperidine rings is 1. The van der Waals surface area contributed by atoms with Gasteiger partial charge in [0.1, 0.15) is 6.04 Å². The van der Waals surface area contributed by atoms with E-state index in [2.05, 4.69) is 0 Å². The minimum atomic E-state index is -4.71. The molecule has 1 aliphatic heterocycles. The molecular weight excluding hydrogens is 303 g/mol. The molecule has 1 aromatic carbocycles. The number of hydrogen-bond donors (Lipinski definition) is 2. The quantitative estimate of drug-likeness (QED) is 0.871. The lowest BCUT2D eigenvalue weighted by Crippen LogP contribution is -2.51. The van der Waals surface area contributed by atoms with Crippen molar-refractivity contribution < 1.29 is 33.0 Å². The highest BCUT2D eigenvalue weighted by Gasteiger charge is 2.40. The lowest BCUT2D eigenvalue weighted by atomic mass is 9.97. The maximum absolute atomic E-state index is 13.0. The molecule has 0 spiro atoms. The van der Waals surface area contributed by atoms with Crippen molar-refractivity contribution >= 4 is 11.9 Å². The molecular formula is C14H14F3NO4. The summed E-state index contributed by atoms with van der Waals surface area (Å²) >= 11 is 0. The highest BCUT2D eigenvalue weighted by atomic mass is 19.4. The standard InChI is InChI=1S/C14H14F3NO4/c15-14(16,17)10-4-2-1-3-9(10)12(20)18-6-5-8(19)7-11(18)13(21)22/h1-4,8,11,19H,5-7H2,(H,21,22). The Morgan fingerprint density at radius 2 is 1.86 bits per heavy atom. The number of carboxylic acid groups (broad SMARTS) is 1. The van der Waals surface area contributed by atoms with Gasteiger partial charge in [-0.3, -0.25) is 4.79 Å². The molecule has 1 heterocycles. The Morgan fingerprint density at radius 1 is 1.23 bits per heavy atom. The number of carboxylic acids is 1. The molecule has 2 N–H and O–H groups in total. The maximum atomic E-state index is 13.0. The Morgan fingerprint density at radius 3 is 2.45 bits per heavy atom. The first-order valence-electron chi connectivity index (χ1n) is 6.60. The van der Waals surface area contributed by atoms with Gasteiger partial charge < -0.3 is 15.1 Å². The van der Waals surface area contributed by atoms with Gasteiger partial charge in [-0.25, -0.2) is 4.79 Å². The second-order valence-corrected chi connectivity index (χ2v) is 5.07. The van der Waals surface area contributed by atoms with Crippen LogP contribution in [0.2, 0.25) is 0 Å². The van der Waals surface area contributed by atoms with Crippen LogP contribution >= 0.6 is 0 Å². The predicted octanol–water partition coefficient (Wildman–Crippen LogP) is 1.76. The van der Waals surface area contributed by atoms with Crippen LogP contribution in [0.5, 0.6) is 0 Å². The number of alkyl halides is 3. The second kappa shape index (κ2) is 5.96. The van der Waals surface area contributed by atoms with Gasteiger partial charge in [-0.05, 0) is 18.6 Å². The molecule has 2 atom stereocenters. The first kappa shape index (κ1) is 16.3. The monoisotopic (exact) mass is 317 g/mol. The molecule has 1 fully saturated rings. The van der Waals surface area contributed by atoms with Crippen molar-refractivity contribution in [3.63, 3.8) is 0 Å². The molecule has 0 radical (unpaired) electrons. The molecule has 1 amide bonds. The van der Waals surface area contributed by atoms with E-state index in [1.54, 1.807) is 0 Å². The van der Waals surface area contributed by atoms with Gasteiger partial charge in [0.15, 0.2) is 0 Å². The summed E-state index contributed by atoms with van der Waals surface area (Å²) < 4.78 is 38.9. The number of aliphatic carboxylic acids is 1. The molecule has 120 valence electrons. The van der Waals surface area contributed by atoms with Crippen LogP contribution in [-0.2, 0) is 11.0 Å². The zero-order valence-electron chi connectivity index (χ0n) is 11.4. The lowest BCUT2D eigenvalue weighted by Gasteiger charge is -2.35. The van der Waals surface area contributed by atoms with Crippen LogP contribution in [0, 0.1) is 0 Å². The SMILES string of the molecule is O=C(O)C1CC(O)CCN1C(=O)c1ccccc1C(F)(F)F. The molecule has 2 unspecified atom stereocenters. The first-order chi connectivity index (χ1) is 10.2. The number of nitrogens with zero attached hydrogens (tertiary/aromatic N) is 1. The topological polar surface area (TPSA) is 77.8 Å². The van der Waals surface area contributed by atoms with Crippen LogP contribution in [0.3, 0.4) is 0 Å². The zero-order chi connectivity index (χ0) is 16.5. The fourth-order valence-corrected chi connectivity index (χ4v) is 2.50. The van der Waals surface area contributed by atoms with Gasteiger partial charge >= 0.3 is 12.1 Å². The Hall–Kier alpha value is -2.09. The van der Waals surface area contributed by atoms with Gasteiger partial charge in [-0.2, -0.15) is 13.2 Å². The number of amides is 1. The zero-order valence-corrected chi connectivity index (χ0v) is 11.4. The van der Waals surface area contributed by atoms with Gasteiger partial charge in [0.25, 0.3) is 5.91 Å². The summed E-state index contributed by atoms with van der Waals surface area (Å²) in [6.07, 6.45) is -5.66. The number of aliphatic hydroxyl groups is 1. The Bertz CT molecular complexity index is 588. The van der Waals surface area contributed by atoms with Crippen LogP contribution in [0.15, 0.2) is 24.3 Å². The van der Waals surface area contributed by atoms with Gasteiger partial charge in [0.2, 0.25) is 0 Å². The minimum absolute atomic E-state index is 0.108. The van der Waals surface area contributed by atoms with Crippen molar-refractivity contribution in [3.8, 4) is 0 Å². The fourth-order valence-electron chi connectivity index (χ4n) is 2.50. The summed E-state index contributed by atoms with van der Waals surface area (Å²) in [6, 6.07) is 2.92. The highest BCUT2D eigenvalue weighted by Crippen LogP contribution is 2.33. The lowest BCUT2D eigenvalue weighted by molar-refractivity contribution is -0.145. The summed E-state index contributed by atoms with van der Waals surface area (Å²) in [5, 5.41) is 18.6. The summed E-state index contributed by atoms with van der Waals surface area (Å²) in [6.45, 7) is -0.108. The maximum Gasteiger partial charge on any atom is 0.417 e. The number of rotatable bonds is 2. The van der Waals surface area contributed by atoms with Crippen molar-refractivity contribution in [2.75, 3.05) is 6.54 Å². The van der Waals surface area contributed by atoms with Crippen LogP contribution in [-0.4, -0.2) is 45.7 Å².